The molecule has 4 nitrogen and oxygen atoms in total. The number of ether oxygens (including phenoxy) is 1. The van der Waals surface area contributed by atoms with Crippen LogP contribution in [0, 0.1) is 5.82 Å². The van der Waals surface area contributed by atoms with E-state index < -0.39 is 23.8 Å². The zero-order valence-electron chi connectivity index (χ0n) is 12.0. The van der Waals surface area contributed by atoms with Gasteiger partial charge in [-0.15, -0.1) is 0 Å². The molecule has 23 heavy (non-hydrogen) atoms. The maximum Gasteiger partial charge on any atom is 0.340 e. The Bertz CT molecular complexity index is 752. The largest absolute Gasteiger partial charge is 0.449 e. The predicted octanol–water partition coefficient (Wildman–Crippen LogP) is 4.32. The van der Waals surface area contributed by atoms with Gasteiger partial charge >= 0.3 is 5.97 Å². The van der Waals surface area contributed by atoms with Crippen LogP contribution in [0.2, 0.25) is 10.0 Å². The van der Waals surface area contributed by atoms with E-state index in [-0.39, 0.29) is 21.3 Å². The van der Waals surface area contributed by atoms with Gasteiger partial charge in [0.25, 0.3) is 5.91 Å². The van der Waals surface area contributed by atoms with Crippen LogP contribution in [0.15, 0.2) is 42.5 Å². The van der Waals surface area contributed by atoms with Gasteiger partial charge in [-0.05, 0) is 37.3 Å². The monoisotopic (exact) mass is 355 g/mol. The van der Waals surface area contributed by atoms with Crippen molar-refractivity contribution in [1.82, 2.24) is 0 Å². The zero-order chi connectivity index (χ0) is 17.0. The summed E-state index contributed by atoms with van der Waals surface area (Å²) in [6.07, 6.45) is -1.08. The van der Waals surface area contributed by atoms with Crippen LogP contribution in [-0.4, -0.2) is 18.0 Å². The molecule has 2 aromatic carbocycles. The highest BCUT2D eigenvalue weighted by Gasteiger charge is 2.21. The third-order valence-electron chi connectivity index (χ3n) is 2.94. The molecule has 120 valence electrons. The molecule has 2 rings (SSSR count). The molecule has 0 aliphatic rings. The van der Waals surface area contributed by atoms with Crippen molar-refractivity contribution in [2.75, 3.05) is 5.32 Å². The van der Waals surface area contributed by atoms with Gasteiger partial charge in [-0.2, -0.15) is 0 Å². The van der Waals surface area contributed by atoms with Crippen LogP contribution in [0.25, 0.3) is 0 Å². The molecule has 0 heterocycles. The lowest BCUT2D eigenvalue weighted by molar-refractivity contribution is -0.123. The summed E-state index contributed by atoms with van der Waals surface area (Å²) in [6, 6.07) is 9.88. The second kappa shape index (κ2) is 7.44. The molecule has 0 aliphatic carbocycles. The van der Waals surface area contributed by atoms with Gasteiger partial charge in [-0.1, -0.05) is 35.3 Å². The molecule has 0 aromatic heterocycles. The SMILES string of the molecule is C[C@@H](OC(=O)c1ccccc1Cl)C(=O)Nc1ccc(F)cc1Cl. The van der Waals surface area contributed by atoms with Crippen LogP contribution in [-0.2, 0) is 9.53 Å². The Morgan fingerprint density at radius 3 is 2.48 bits per heavy atom. The molecule has 1 N–H and O–H groups in total. The molecule has 0 radical (unpaired) electrons. The predicted molar refractivity (Wildman–Crippen MR) is 86.4 cm³/mol. The van der Waals surface area contributed by atoms with E-state index in [1.165, 1.54) is 19.1 Å². The van der Waals surface area contributed by atoms with Crippen molar-refractivity contribution in [3.63, 3.8) is 0 Å². The number of hydrogen-bond acceptors (Lipinski definition) is 3. The van der Waals surface area contributed by atoms with Crippen molar-refractivity contribution in [2.45, 2.75) is 13.0 Å². The summed E-state index contributed by atoms with van der Waals surface area (Å²) in [5.74, 6) is -1.84. The summed E-state index contributed by atoms with van der Waals surface area (Å²) in [4.78, 5) is 24.0. The molecule has 7 heteroatoms. The number of hydrogen-bond donors (Lipinski definition) is 1. The van der Waals surface area contributed by atoms with Crippen molar-refractivity contribution in [3.8, 4) is 0 Å². The van der Waals surface area contributed by atoms with Crippen LogP contribution < -0.4 is 5.32 Å². The average molecular weight is 356 g/mol. The van der Waals surface area contributed by atoms with Crippen LogP contribution in [0.3, 0.4) is 0 Å². The summed E-state index contributed by atoms with van der Waals surface area (Å²) >= 11 is 11.7. The molecule has 1 atom stereocenters. The first-order valence-electron chi connectivity index (χ1n) is 6.60. The fraction of sp³-hybridized carbons (Fsp3) is 0.125. The van der Waals surface area contributed by atoms with Crippen molar-refractivity contribution < 1.29 is 18.7 Å². The van der Waals surface area contributed by atoms with Gasteiger partial charge in [0.2, 0.25) is 0 Å². The van der Waals surface area contributed by atoms with Gasteiger partial charge in [-0.25, -0.2) is 9.18 Å². The summed E-state index contributed by atoms with van der Waals surface area (Å²) in [5, 5.41) is 2.73. The Labute approximate surface area is 142 Å². The van der Waals surface area contributed by atoms with E-state index in [9.17, 15) is 14.0 Å². The topological polar surface area (TPSA) is 55.4 Å². The summed E-state index contributed by atoms with van der Waals surface area (Å²) in [7, 11) is 0. The molecule has 0 unspecified atom stereocenters. The Kier molecular flexibility index (Phi) is 5.58. The maximum atomic E-state index is 13.0. The second-order valence-corrected chi connectivity index (χ2v) is 5.46. The van der Waals surface area contributed by atoms with E-state index in [2.05, 4.69) is 5.32 Å². The number of nitrogens with one attached hydrogen (secondary N) is 1. The molecule has 0 saturated heterocycles. The Morgan fingerprint density at radius 2 is 1.83 bits per heavy atom. The van der Waals surface area contributed by atoms with E-state index in [1.807, 2.05) is 0 Å². The van der Waals surface area contributed by atoms with Gasteiger partial charge in [0.15, 0.2) is 6.10 Å². The normalized spacial score (nSPS) is 11.7. The quantitative estimate of drug-likeness (QED) is 0.831. The fourth-order valence-electron chi connectivity index (χ4n) is 1.73. The summed E-state index contributed by atoms with van der Waals surface area (Å²) in [5.41, 5.74) is 0.382. The van der Waals surface area contributed by atoms with E-state index in [0.29, 0.717) is 0 Å². The van der Waals surface area contributed by atoms with Crippen LogP contribution in [0.5, 0.6) is 0 Å². The van der Waals surface area contributed by atoms with Crippen molar-refractivity contribution in [1.29, 1.82) is 0 Å². The molecule has 0 bridgehead atoms. The number of benzene rings is 2. The first kappa shape index (κ1) is 17.2. The molecule has 0 saturated carbocycles. The lowest BCUT2D eigenvalue weighted by Crippen LogP contribution is -2.30. The van der Waals surface area contributed by atoms with Gasteiger partial charge in [0, 0.05) is 0 Å². The smallest absolute Gasteiger partial charge is 0.340 e. The minimum absolute atomic E-state index is 0.0444. The standard InChI is InChI=1S/C16H12Cl2FNO3/c1-9(23-16(22)11-4-2-3-5-12(11)17)15(21)20-14-7-6-10(19)8-13(14)18/h2-9H,1H3,(H,20,21)/t9-/m1/s1. The highest BCUT2D eigenvalue weighted by Crippen LogP contribution is 2.23. The Balaban J connectivity index is 2.03. The number of carbonyl (C=O) groups is 2. The number of halogens is 3. The van der Waals surface area contributed by atoms with Crippen LogP contribution >= 0.6 is 23.2 Å². The van der Waals surface area contributed by atoms with Gasteiger partial charge in [0.1, 0.15) is 5.82 Å². The van der Waals surface area contributed by atoms with Gasteiger partial charge in [-0.3, -0.25) is 4.79 Å². The van der Waals surface area contributed by atoms with Gasteiger partial charge < -0.3 is 10.1 Å². The first-order chi connectivity index (χ1) is 10.9. The maximum absolute atomic E-state index is 13.0. The lowest BCUT2D eigenvalue weighted by atomic mass is 10.2. The molecule has 2 aromatic rings. The first-order valence-corrected chi connectivity index (χ1v) is 7.35. The zero-order valence-corrected chi connectivity index (χ0v) is 13.5. The van der Waals surface area contributed by atoms with Crippen molar-refractivity contribution in [2.24, 2.45) is 0 Å². The number of anilines is 1. The molecule has 0 fully saturated rings. The number of rotatable bonds is 4. The highest BCUT2D eigenvalue weighted by atomic mass is 35.5. The Morgan fingerprint density at radius 1 is 1.13 bits per heavy atom. The molecule has 0 spiro atoms. The third-order valence-corrected chi connectivity index (χ3v) is 3.58. The Hall–Kier alpha value is -2.11. The van der Waals surface area contributed by atoms with E-state index in [1.54, 1.807) is 18.2 Å². The fourth-order valence-corrected chi connectivity index (χ4v) is 2.16. The van der Waals surface area contributed by atoms with Crippen molar-refractivity contribution in [3.05, 3.63) is 63.9 Å². The molecule has 1 amide bonds. The highest BCUT2D eigenvalue weighted by molar-refractivity contribution is 6.34. The minimum atomic E-state index is -1.08. The van der Waals surface area contributed by atoms with Gasteiger partial charge in [0.05, 0.1) is 21.3 Å². The molecular weight excluding hydrogens is 344 g/mol. The number of esters is 1. The molecule has 0 aliphatic heterocycles. The second-order valence-electron chi connectivity index (χ2n) is 4.64. The number of carbonyl (C=O) groups excluding carboxylic acids is 2. The summed E-state index contributed by atoms with van der Waals surface area (Å²) < 4.78 is 18.0. The van der Waals surface area contributed by atoms with Crippen LogP contribution in [0.1, 0.15) is 17.3 Å². The number of amides is 1. The van der Waals surface area contributed by atoms with E-state index in [4.69, 9.17) is 27.9 Å². The lowest BCUT2D eigenvalue weighted by Gasteiger charge is -2.14. The average Bonchev–Trinajstić information content (AvgIpc) is 2.50. The minimum Gasteiger partial charge on any atom is -0.449 e. The van der Waals surface area contributed by atoms with E-state index in [0.717, 1.165) is 12.1 Å². The van der Waals surface area contributed by atoms with Crippen LogP contribution in [0.4, 0.5) is 10.1 Å². The molecular formula is C16H12Cl2FNO3. The summed E-state index contributed by atoms with van der Waals surface area (Å²) in [6.45, 7) is 1.40. The van der Waals surface area contributed by atoms with E-state index >= 15 is 0 Å². The van der Waals surface area contributed by atoms with Crippen molar-refractivity contribution >= 4 is 40.8 Å². The third kappa shape index (κ3) is 4.43.